The van der Waals surface area contributed by atoms with Crippen LogP contribution < -0.4 is 4.74 Å². The van der Waals surface area contributed by atoms with E-state index in [0.29, 0.717) is 11.5 Å². The van der Waals surface area contributed by atoms with Crippen LogP contribution in [0.25, 0.3) is 0 Å². The Hall–Kier alpha value is -2.53. The highest BCUT2D eigenvalue weighted by Gasteiger charge is 2.76. The summed E-state index contributed by atoms with van der Waals surface area (Å²) in [6.45, 7) is 7.56. The third kappa shape index (κ3) is 2.60. The maximum atomic E-state index is 14.3. The molecular formula is C26H30N2O5. The van der Waals surface area contributed by atoms with E-state index in [-0.39, 0.29) is 40.1 Å². The van der Waals surface area contributed by atoms with Crippen LogP contribution in [0.2, 0.25) is 0 Å². The number of nitriles is 1. The van der Waals surface area contributed by atoms with E-state index in [1.165, 1.54) is 6.20 Å². The van der Waals surface area contributed by atoms with Crippen molar-refractivity contribution in [3.63, 3.8) is 0 Å². The molecule has 2 fully saturated rings. The van der Waals surface area contributed by atoms with Crippen LogP contribution >= 0.6 is 0 Å². The Morgan fingerprint density at radius 1 is 1.36 bits per heavy atom. The fourth-order valence-corrected chi connectivity index (χ4v) is 7.28. The molecule has 1 aromatic rings. The maximum Gasteiger partial charge on any atom is 0.232 e. The number of rotatable bonds is 3. The largest absolute Gasteiger partial charge is 0.466 e. The van der Waals surface area contributed by atoms with Gasteiger partial charge in [0.15, 0.2) is 17.5 Å². The second kappa shape index (κ2) is 6.99. The zero-order valence-electron chi connectivity index (χ0n) is 19.3. The first kappa shape index (κ1) is 22.3. The zero-order chi connectivity index (χ0) is 23.9. The molecule has 174 valence electrons. The number of aliphatic hydroxyl groups is 3. The predicted molar refractivity (Wildman–Crippen MR) is 119 cm³/mol. The second-order valence-electron chi connectivity index (χ2n) is 10.8. The minimum Gasteiger partial charge on any atom is -0.466 e. The first-order valence-corrected chi connectivity index (χ1v) is 11.5. The van der Waals surface area contributed by atoms with Crippen LogP contribution in [0.1, 0.15) is 39.7 Å². The molecule has 3 N–H and O–H groups in total. The summed E-state index contributed by atoms with van der Waals surface area (Å²) in [5, 5.41) is 43.6. The average molecular weight is 451 g/mol. The van der Waals surface area contributed by atoms with Gasteiger partial charge >= 0.3 is 0 Å². The summed E-state index contributed by atoms with van der Waals surface area (Å²) in [7, 11) is 0. The number of nitrogens with zero attached hydrogens (tertiary/aromatic N) is 2. The Bertz CT molecular complexity index is 1130. The van der Waals surface area contributed by atoms with Crippen molar-refractivity contribution in [2.45, 2.75) is 51.9 Å². The summed E-state index contributed by atoms with van der Waals surface area (Å²) < 4.78 is 6.13. The molecule has 1 spiro atoms. The molecule has 5 rings (SSSR count). The van der Waals surface area contributed by atoms with Gasteiger partial charge in [-0.25, -0.2) is 4.98 Å². The lowest BCUT2D eigenvalue weighted by Crippen LogP contribution is -2.66. The van der Waals surface area contributed by atoms with Crippen LogP contribution in [0, 0.1) is 45.8 Å². The maximum absolute atomic E-state index is 14.3. The Kier molecular flexibility index (Phi) is 4.72. The lowest BCUT2D eigenvalue weighted by Gasteiger charge is -2.48. The molecule has 1 heterocycles. The highest BCUT2D eigenvalue weighted by atomic mass is 16.5. The number of aliphatic hydroxyl groups excluding tert-OH is 2. The summed E-state index contributed by atoms with van der Waals surface area (Å²) in [5.74, 6) is -0.469. The van der Waals surface area contributed by atoms with Crippen molar-refractivity contribution in [1.29, 1.82) is 5.26 Å². The van der Waals surface area contributed by atoms with Crippen molar-refractivity contribution in [2.75, 3.05) is 6.61 Å². The third-order valence-corrected chi connectivity index (χ3v) is 9.02. The lowest BCUT2D eigenvalue weighted by molar-refractivity contribution is -0.186. The Labute approximate surface area is 193 Å². The highest BCUT2D eigenvalue weighted by Crippen LogP contribution is 2.71. The van der Waals surface area contributed by atoms with Gasteiger partial charge < -0.3 is 20.1 Å². The number of Topliss-reactive ketones (excluding diaryl/α,β-unsaturated/α-hetero) is 1. The number of hydrogen-bond donors (Lipinski definition) is 3. The normalized spacial score (nSPS) is 42.7. The van der Waals surface area contributed by atoms with E-state index in [1.807, 2.05) is 13.0 Å². The number of hydrogen-bond acceptors (Lipinski definition) is 7. The quantitative estimate of drug-likeness (QED) is 0.603. The molecule has 1 aromatic heterocycles. The van der Waals surface area contributed by atoms with E-state index >= 15 is 0 Å². The van der Waals surface area contributed by atoms with E-state index < -0.39 is 35.7 Å². The van der Waals surface area contributed by atoms with Gasteiger partial charge in [-0.1, -0.05) is 32.9 Å². The van der Waals surface area contributed by atoms with Crippen LogP contribution in [-0.4, -0.2) is 50.5 Å². The van der Waals surface area contributed by atoms with Crippen LogP contribution in [0.5, 0.6) is 5.88 Å². The summed E-state index contributed by atoms with van der Waals surface area (Å²) >= 11 is 0. The zero-order valence-corrected chi connectivity index (χ0v) is 19.3. The van der Waals surface area contributed by atoms with Crippen LogP contribution in [0.15, 0.2) is 41.6 Å². The average Bonchev–Trinajstić information content (AvgIpc) is 3.28. The van der Waals surface area contributed by atoms with Gasteiger partial charge in [-0.15, -0.1) is 0 Å². The monoisotopic (exact) mass is 450 g/mol. The Morgan fingerprint density at radius 2 is 2.09 bits per heavy atom. The summed E-state index contributed by atoms with van der Waals surface area (Å²) in [6.07, 6.45) is 3.06. The van der Waals surface area contributed by atoms with Gasteiger partial charge in [-0.3, -0.25) is 4.79 Å². The highest BCUT2D eigenvalue weighted by molar-refractivity contribution is 5.95. The molecule has 8 atom stereocenters. The van der Waals surface area contributed by atoms with E-state index in [4.69, 9.17) is 4.74 Å². The molecule has 0 aliphatic heterocycles. The number of carbonyl (C=O) groups excluding carboxylic acids is 1. The van der Waals surface area contributed by atoms with Crippen molar-refractivity contribution in [3.05, 3.63) is 47.2 Å². The number of ether oxygens (including phenoxy) is 1. The Morgan fingerprint density at radius 3 is 2.76 bits per heavy atom. The van der Waals surface area contributed by atoms with Crippen molar-refractivity contribution < 1.29 is 24.9 Å². The third-order valence-electron chi connectivity index (χ3n) is 9.02. The van der Waals surface area contributed by atoms with E-state index in [1.54, 1.807) is 31.2 Å². The molecule has 0 amide bonds. The minimum atomic E-state index is -2.05. The summed E-state index contributed by atoms with van der Waals surface area (Å²) in [4.78, 5) is 18.5. The molecule has 0 radical (unpaired) electrons. The fraction of sp³-hybridized carbons (Fsp3) is 0.577. The fourth-order valence-electron chi connectivity index (χ4n) is 7.28. The van der Waals surface area contributed by atoms with Crippen LogP contribution in [0.4, 0.5) is 0 Å². The molecule has 7 heteroatoms. The number of pyridine rings is 1. The van der Waals surface area contributed by atoms with Gasteiger partial charge in [0, 0.05) is 12.1 Å². The number of aromatic nitrogens is 1. The number of fused-ring (bicyclic) bond motifs is 3. The topological polar surface area (TPSA) is 124 Å². The molecule has 4 aliphatic rings. The molecule has 2 unspecified atom stereocenters. The second-order valence-corrected chi connectivity index (χ2v) is 10.8. The van der Waals surface area contributed by atoms with Gasteiger partial charge in [0.25, 0.3) is 0 Å². The van der Waals surface area contributed by atoms with Gasteiger partial charge in [-0.05, 0) is 59.8 Å². The standard InChI is InChI=1S/C26H30N2O5/c1-13-10-25-14(2)8-18-19(24(18,3)4)17(21(25)31)9-16(12-29)20(30)26(25,32)22(13)33-23-15(11-27)6-5-7-28-23/h5-7,9-10,14,17-20,22,29-30,32H,8,12H2,1-4H3/t14-,17+,18?,19?,20-,22+,25+,26+/m1/s1. The van der Waals surface area contributed by atoms with E-state index in [0.717, 1.165) is 6.42 Å². The number of carbonyl (C=O) groups is 1. The van der Waals surface area contributed by atoms with Crippen LogP contribution in [0.3, 0.4) is 0 Å². The lowest BCUT2D eigenvalue weighted by atomic mass is 9.59. The molecular weight excluding hydrogens is 420 g/mol. The molecule has 2 bridgehead atoms. The molecule has 7 nitrogen and oxygen atoms in total. The van der Waals surface area contributed by atoms with Crippen LogP contribution in [-0.2, 0) is 4.79 Å². The first-order chi connectivity index (χ1) is 15.5. The van der Waals surface area contributed by atoms with Crippen molar-refractivity contribution in [2.24, 2.45) is 34.5 Å². The molecule has 0 aromatic carbocycles. The van der Waals surface area contributed by atoms with E-state index in [2.05, 4.69) is 18.8 Å². The molecule has 0 saturated heterocycles. The molecule has 33 heavy (non-hydrogen) atoms. The van der Waals surface area contributed by atoms with Gasteiger partial charge in [0.05, 0.1) is 12.0 Å². The van der Waals surface area contributed by atoms with Crippen molar-refractivity contribution >= 4 is 5.78 Å². The van der Waals surface area contributed by atoms with Crippen molar-refractivity contribution in [3.8, 4) is 11.9 Å². The Balaban J connectivity index is 1.70. The minimum absolute atomic E-state index is 0.0242. The number of allylic oxidation sites excluding steroid dienone is 1. The number of ketones is 1. The SMILES string of the molecule is CC1=C[C@]23C(=O)[C@@H](C=C(CO)[C@@H](O)[C@]2(O)[C@H]1Oc1ncccc1C#N)C1C(C[C@H]3C)C1(C)C. The smallest absolute Gasteiger partial charge is 0.232 e. The van der Waals surface area contributed by atoms with E-state index in [9.17, 15) is 25.4 Å². The first-order valence-electron chi connectivity index (χ1n) is 11.5. The van der Waals surface area contributed by atoms with Gasteiger partial charge in [0.1, 0.15) is 17.7 Å². The molecule has 4 aliphatic carbocycles. The van der Waals surface area contributed by atoms with Gasteiger partial charge in [-0.2, -0.15) is 5.26 Å². The van der Waals surface area contributed by atoms with Gasteiger partial charge in [0.2, 0.25) is 5.88 Å². The van der Waals surface area contributed by atoms with Crippen molar-refractivity contribution in [1.82, 2.24) is 4.98 Å². The molecule has 2 saturated carbocycles. The predicted octanol–water partition coefficient (Wildman–Crippen LogP) is 2.17. The summed E-state index contributed by atoms with van der Waals surface area (Å²) in [6, 6.07) is 5.20. The summed E-state index contributed by atoms with van der Waals surface area (Å²) in [5.41, 5.74) is -2.45.